The van der Waals surface area contributed by atoms with Crippen molar-refractivity contribution in [2.45, 2.75) is 52.5 Å². The smallest absolute Gasteiger partial charge is 0.223 e. The van der Waals surface area contributed by atoms with Crippen molar-refractivity contribution in [3.05, 3.63) is 0 Å². The zero-order valence-corrected chi connectivity index (χ0v) is 15.3. The molecule has 1 aliphatic rings. The lowest BCUT2D eigenvalue weighted by molar-refractivity contribution is -0.122. The number of hydrogen-bond donors (Lipinski definition) is 3. The van der Waals surface area contributed by atoms with Crippen molar-refractivity contribution >= 4 is 11.9 Å². The van der Waals surface area contributed by atoms with Gasteiger partial charge in [0.2, 0.25) is 5.91 Å². The molecule has 1 saturated carbocycles. The molecule has 23 heavy (non-hydrogen) atoms. The minimum absolute atomic E-state index is 0.197. The first kappa shape index (κ1) is 19.7. The van der Waals surface area contributed by atoms with Crippen molar-refractivity contribution in [3.63, 3.8) is 0 Å². The average molecular weight is 326 g/mol. The normalized spacial score (nSPS) is 15.1. The monoisotopic (exact) mass is 325 g/mol. The summed E-state index contributed by atoms with van der Waals surface area (Å²) in [5, 5.41) is 9.46. The first-order valence-electron chi connectivity index (χ1n) is 9.04. The van der Waals surface area contributed by atoms with Crippen LogP contribution in [0.2, 0.25) is 0 Å². The molecule has 0 atom stereocenters. The molecule has 6 nitrogen and oxygen atoms in total. The number of amides is 1. The van der Waals surface area contributed by atoms with Crippen LogP contribution in [-0.4, -0.2) is 62.6 Å². The largest absolute Gasteiger partial charge is 0.357 e. The third-order valence-corrected chi connectivity index (χ3v) is 4.08. The van der Waals surface area contributed by atoms with Gasteiger partial charge in [-0.2, -0.15) is 0 Å². The number of carbonyl (C=O) groups is 1. The lowest BCUT2D eigenvalue weighted by atomic mass is 10.2. The number of aliphatic imine (C=N–C) groups is 1. The first-order valence-corrected chi connectivity index (χ1v) is 9.04. The highest BCUT2D eigenvalue weighted by Gasteiger charge is 2.28. The van der Waals surface area contributed by atoms with Gasteiger partial charge in [0, 0.05) is 38.1 Å². The Kier molecular flexibility index (Phi) is 9.67. The van der Waals surface area contributed by atoms with Gasteiger partial charge in [-0.25, -0.2) is 0 Å². The van der Waals surface area contributed by atoms with Crippen molar-refractivity contribution < 1.29 is 4.79 Å². The Hall–Kier alpha value is -1.30. The summed E-state index contributed by atoms with van der Waals surface area (Å²) in [5.41, 5.74) is 0. The number of nitrogens with one attached hydrogen (secondary N) is 3. The van der Waals surface area contributed by atoms with E-state index in [-0.39, 0.29) is 11.8 Å². The highest BCUT2D eigenvalue weighted by Crippen LogP contribution is 2.28. The van der Waals surface area contributed by atoms with Gasteiger partial charge in [-0.05, 0) is 60.0 Å². The maximum absolute atomic E-state index is 11.5. The third-order valence-electron chi connectivity index (χ3n) is 4.08. The van der Waals surface area contributed by atoms with Crippen LogP contribution in [0.3, 0.4) is 0 Å². The summed E-state index contributed by atoms with van der Waals surface area (Å²) in [6.45, 7) is 10.6. The molecule has 1 amide bonds. The van der Waals surface area contributed by atoms with E-state index in [2.05, 4.69) is 53.7 Å². The number of hydrogen-bond acceptors (Lipinski definition) is 3. The Balaban J connectivity index is 2.12. The summed E-state index contributed by atoms with van der Waals surface area (Å²) in [4.78, 5) is 18.5. The number of rotatable bonds is 11. The van der Waals surface area contributed by atoms with Crippen LogP contribution in [0.25, 0.3) is 0 Å². The standard InChI is InChI=1S/C17H35N5O/c1-5-18-17(20-10-6-7-13-22(4)14(2)3)21-12-11-19-16(23)15-8-9-15/h14-15H,5-13H2,1-4H3,(H,19,23)(H2,18,20,21). The van der Waals surface area contributed by atoms with Crippen molar-refractivity contribution in [2.75, 3.05) is 39.8 Å². The van der Waals surface area contributed by atoms with E-state index in [0.717, 1.165) is 51.3 Å². The van der Waals surface area contributed by atoms with E-state index >= 15 is 0 Å². The molecule has 134 valence electrons. The van der Waals surface area contributed by atoms with Gasteiger partial charge in [-0.1, -0.05) is 0 Å². The summed E-state index contributed by atoms with van der Waals surface area (Å²) < 4.78 is 0. The van der Waals surface area contributed by atoms with Crippen molar-refractivity contribution in [1.29, 1.82) is 0 Å². The molecule has 0 saturated heterocycles. The summed E-state index contributed by atoms with van der Waals surface area (Å²) in [6.07, 6.45) is 4.35. The van der Waals surface area contributed by atoms with E-state index in [0.29, 0.717) is 19.1 Å². The second-order valence-corrected chi connectivity index (χ2v) is 6.53. The van der Waals surface area contributed by atoms with Crippen molar-refractivity contribution in [3.8, 4) is 0 Å². The SMILES string of the molecule is CCNC(=NCCCCN(C)C(C)C)NCCNC(=O)C1CC1. The van der Waals surface area contributed by atoms with Crippen LogP contribution in [-0.2, 0) is 4.79 Å². The number of unbranched alkanes of at least 4 members (excludes halogenated alkanes) is 1. The van der Waals surface area contributed by atoms with Crippen molar-refractivity contribution in [2.24, 2.45) is 10.9 Å². The van der Waals surface area contributed by atoms with Crippen LogP contribution in [0.15, 0.2) is 4.99 Å². The summed E-state index contributed by atoms with van der Waals surface area (Å²) >= 11 is 0. The van der Waals surface area contributed by atoms with Gasteiger partial charge in [0.05, 0.1) is 0 Å². The lowest BCUT2D eigenvalue weighted by Crippen LogP contribution is -2.41. The molecule has 0 radical (unpaired) electrons. The molecular formula is C17H35N5O. The Labute approximate surface area is 141 Å². The molecule has 0 aromatic rings. The van der Waals surface area contributed by atoms with Crippen LogP contribution in [0.1, 0.15) is 46.5 Å². The van der Waals surface area contributed by atoms with Crippen LogP contribution < -0.4 is 16.0 Å². The lowest BCUT2D eigenvalue weighted by Gasteiger charge is -2.20. The van der Waals surface area contributed by atoms with Crippen LogP contribution in [0, 0.1) is 5.92 Å². The molecule has 0 spiro atoms. The molecule has 1 fully saturated rings. The van der Waals surface area contributed by atoms with Gasteiger partial charge in [0.25, 0.3) is 0 Å². The summed E-state index contributed by atoms with van der Waals surface area (Å²) in [6, 6.07) is 0.600. The molecule has 0 aliphatic heterocycles. The van der Waals surface area contributed by atoms with Crippen LogP contribution in [0.4, 0.5) is 0 Å². The maximum atomic E-state index is 11.5. The highest BCUT2D eigenvalue weighted by molar-refractivity contribution is 5.81. The first-order chi connectivity index (χ1) is 11.0. The topological polar surface area (TPSA) is 68.8 Å². The molecule has 0 bridgehead atoms. The van der Waals surface area contributed by atoms with Crippen LogP contribution >= 0.6 is 0 Å². The fourth-order valence-electron chi connectivity index (χ4n) is 2.12. The van der Waals surface area contributed by atoms with Gasteiger partial charge in [0.1, 0.15) is 0 Å². The average Bonchev–Trinajstić information content (AvgIpc) is 3.35. The summed E-state index contributed by atoms with van der Waals surface area (Å²) in [5.74, 6) is 1.31. The van der Waals surface area contributed by atoms with Gasteiger partial charge < -0.3 is 20.9 Å². The zero-order chi connectivity index (χ0) is 17.1. The molecule has 0 heterocycles. The Morgan fingerprint density at radius 3 is 2.48 bits per heavy atom. The number of guanidine groups is 1. The molecule has 0 unspecified atom stereocenters. The molecule has 3 N–H and O–H groups in total. The van der Waals surface area contributed by atoms with E-state index in [9.17, 15) is 4.79 Å². The van der Waals surface area contributed by atoms with Gasteiger partial charge >= 0.3 is 0 Å². The molecule has 1 aliphatic carbocycles. The molecule has 0 aromatic heterocycles. The van der Waals surface area contributed by atoms with E-state index < -0.39 is 0 Å². The third kappa shape index (κ3) is 9.43. The molecule has 6 heteroatoms. The highest BCUT2D eigenvalue weighted by atomic mass is 16.2. The fraction of sp³-hybridized carbons (Fsp3) is 0.882. The number of nitrogens with zero attached hydrogens (tertiary/aromatic N) is 2. The molecule has 1 rings (SSSR count). The van der Waals surface area contributed by atoms with E-state index in [4.69, 9.17) is 0 Å². The minimum atomic E-state index is 0.197. The van der Waals surface area contributed by atoms with E-state index in [1.54, 1.807) is 0 Å². The predicted octanol–water partition coefficient (Wildman–Crippen LogP) is 1.19. The Morgan fingerprint density at radius 2 is 1.87 bits per heavy atom. The fourth-order valence-corrected chi connectivity index (χ4v) is 2.12. The second kappa shape index (κ2) is 11.3. The maximum Gasteiger partial charge on any atom is 0.223 e. The van der Waals surface area contributed by atoms with Gasteiger partial charge in [-0.3, -0.25) is 9.79 Å². The van der Waals surface area contributed by atoms with E-state index in [1.807, 2.05) is 0 Å². The molecular weight excluding hydrogens is 290 g/mol. The predicted molar refractivity (Wildman–Crippen MR) is 96.7 cm³/mol. The van der Waals surface area contributed by atoms with Crippen LogP contribution in [0.5, 0.6) is 0 Å². The quantitative estimate of drug-likeness (QED) is 0.303. The van der Waals surface area contributed by atoms with Crippen molar-refractivity contribution in [1.82, 2.24) is 20.9 Å². The second-order valence-electron chi connectivity index (χ2n) is 6.53. The molecule has 0 aromatic carbocycles. The Morgan fingerprint density at radius 1 is 1.17 bits per heavy atom. The minimum Gasteiger partial charge on any atom is -0.357 e. The van der Waals surface area contributed by atoms with Gasteiger partial charge in [-0.15, -0.1) is 0 Å². The van der Waals surface area contributed by atoms with E-state index in [1.165, 1.54) is 0 Å². The Bertz CT molecular complexity index is 366. The van der Waals surface area contributed by atoms with Gasteiger partial charge in [0.15, 0.2) is 5.96 Å². The summed E-state index contributed by atoms with van der Waals surface area (Å²) in [7, 11) is 2.16. The zero-order valence-electron chi connectivity index (χ0n) is 15.3. The number of carbonyl (C=O) groups excluding carboxylic acids is 1.